The molecule has 154 valence electrons. The lowest BCUT2D eigenvalue weighted by Gasteiger charge is -2.17. The van der Waals surface area contributed by atoms with Gasteiger partial charge in [0.15, 0.2) is 0 Å². The third kappa shape index (κ3) is 8.43. The minimum atomic E-state index is 0.814. The molecule has 5 nitrogen and oxygen atoms in total. The van der Waals surface area contributed by atoms with Crippen LogP contribution in [0.2, 0.25) is 0 Å². The second-order valence-electron chi connectivity index (χ2n) is 6.64. The van der Waals surface area contributed by atoms with E-state index in [2.05, 4.69) is 37.6 Å². The summed E-state index contributed by atoms with van der Waals surface area (Å²) in [5.41, 5.74) is 1.30. The smallest absolute Gasteiger partial charge is 0.212 e. The molecule has 0 atom stereocenters. The SMILES string of the molecule is C1CCNCC1.c1ccccc1.c1nsc(NSc2ccc3c(c2)OCCC3)n1. The van der Waals surface area contributed by atoms with Crippen molar-refractivity contribution in [2.75, 3.05) is 24.4 Å². The Morgan fingerprint density at radius 3 is 2.31 bits per heavy atom. The van der Waals surface area contributed by atoms with Crippen LogP contribution < -0.4 is 14.8 Å². The van der Waals surface area contributed by atoms with Crippen molar-refractivity contribution in [2.24, 2.45) is 0 Å². The third-order valence-electron chi connectivity index (χ3n) is 4.38. The normalized spacial score (nSPS) is 14.8. The number of aryl methyl sites for hydroxylation is 1. The van der Waals surface area contributed by atoms with Gasteiger partial charge in [0.2, 0.25) is 5.13 Å². The number of aromatic nitrogens is 2. The molecular formula is C22H28N4OS2. The quantitative estimate of drug-likeness (QED) is 0.543. The Balaban J connectivity index is 0.000000163. The summed E-state index contributed by atoms with van der Waals surface area (Å²) < 4.78 is 12.7. The number of nitrogens with one attached hydrogen (secondary N) is 2. The molecule has 0 unspecified atom stereocenters. The van der Waals surface area contributed by atoms with Crippen molar-refractivity contribution in [1.29, 1.82) is 0 Å². The van der Waals surface area contributed by atoms with E-state index in [1.165, 1.54) is 61.4 Å². The van der Waals surface area contributed by atoms with Crippen LogP contribution in [0.1, 0.15) is 31.2 Å². The molecule has 1 aromatic heterocycles. The van der Waals surface area contributed by atoms with Gasteiger partial charge < -0.3 is 14.8 Å². The third-order valence-corrected chi connectivity index (χ3v) is 5.87. The summed E-state index contributed by atoms with van der Waals surface area (Å²) in [5, 5.41) is 4.10. The van der Waals surface area contributed by atoms with Crippen LogP contribution in [0.25, 0.3) is 0 Å². The van der Waals surface area contributed by atoms with Crippen molar-refractivity contribution in [3.63, 3.8) is 0 Å². The molecule has 0 spiro atoms. The van der Waals surface area contributed by atoms with E-state index in [1.54, 1.807) is 6.33 Å². The summed E-state index contributed by atoms with van der Waals surface area (Å²) in [6.07, 6.45) is 7.99. The Labute approximate surface area is 181 Å². The number of hydrogen-bond acceptors (Lipinski definition) is 7. The second kappa shape index (κ2) is 13.2. The van der Waals surface area contributed by atoms with Gasteiger partial charge in [-0.2, -0.15) is 4.37 Å². The van der Waals surface area contributed by atoms with E-state index in [1.807, 2.05) is 36.4 Å². The van der Waals surface area contributed by atoms with Gasteiger partial charge in [-0.3, -0.25) is 0 Å². The maximum absolute atomic E-state index is 5.63. The molecule has 0 radical (unpaired) electrons. The summed E-state index contributed by atoms with van der Waals surface area (Å²) in [5.74, 6) is 1.01. The summed E-state index contributed by atoms with van der Waals surface area (Å²) in [6.45, 7) is 3.32. The molecule has 0 saturated carbocycles. The fourth-order valence-corrected chi connectivity index (χ4v) is 4.01. The van der Waals surface area contributed by atoms with Crippen molar-refractivity contribution < 1.29 is 4.74 Å². The number of ether oxygens (including phenoxy) is 1. The van der Waals surface area contributed by atoms with E-state index in [-0.39, 0.29) is 0 Å². The fraction of sp³-hybridized carbons (Fsp3) is 0.364. The number of fused-ring (bicyclic) bond motifs is 1. The highest BCUT2D eigenvalue weighted by molar-refractivity contribution is 8.00. The van der Waals surface area contributed by atoms with E-state index in [9.17, 15) is 0 Å². The number of piperidine rings is 1. The van der Waals surface area contributed by atoms with Gasteiger partial charge in [-0.25, -0.2) is 4.98 Å². The predicted molar refractivity (Wildman–Crippen MR) is 123 cm³/mol. The van der Waals surface area contributed by atoms with Crippen molar-refractivity contribution in [2.45, 2.75) is 37.0 Å². The summed E-state index contributed by atoms with van der Waals surface area (Å²) in [7, 11) is 0. The van der Waals surface area contributed by atoms with Crippen molar-refractivity contribution in [3.05, 3.63) is 66.5 Å². The van der Waals surface area contributed by atoms with Crippen LogP contribution in [0.4, 0.5) is 5.13 Å². The molecule has 2 aliphatic heterocycles. The molecule has 1 fully saturated rings. The average Bonchev–Trinajstić information content (AvgIpc) is 3.35. The standard InChI is InChI=1S/C11H11N3OS2.C6H6.C5H11N/c1-2-8-3-4-9(6-10(8)15-5-1)16-14-11-12-7-13-17-11;2*1-2-4-6-5-3-1/h3-4,6-7H,1-2,5H2,(H,12,13,14);1-6H;6H,1-5H2. The first kappa shape index (κ1) is 21.6. The second-order valence-corrected chi connectivity index (χ2v) is 8.30. The Hall–Kier alpha value is -2.09. The van der Waals surface area contributed by atoms with E-state index < -0.39 is 0 Å². The van der Waals surface area contributed by atoms with Crippen molar-refractivity contribution in [1.82, 2.24) is 14.7 Å². The molecule has 2 aliphatic rings. The van der Waals surface area contributed by atoms with E-state index in [0.29, 0.717) is 0 Å². The molecule has 0 bridgehead atoms. The first-order chi connectivity index (χ1) is 14.4. The molecule has 3 aromatic rings. The van der Waals surface area contributed by atoms with Gasteiger partial charge in [0.1, 0.15) is 12.1 Å². The van der Waals surface area contributed by atoms with Gasteiger partial charge in [-0.1, -0.05) is 48.9 Å². The molecule has 7 heteroatoms. The lowest BCUT2D eigenvalue weighted by atomic mass is 10.1. The molecule has 0 aliphatic carbocycles. The predicted octanol–water partition coefficient (Wildman–Crippen LogP) is 5.43. The Morgan fingerprint density at radius 2 is 1.72 bits per heavy atom. The first-order valence-corrected chi connectivity index (χ1v) is 11.7. The van der Waals surface area contributed by atoms with Gasteiger partial charge >= 0.3 is 0 Å². The van der Waals surface area contributed by atoms with Crippen LogP contribution in [0, 0.1) is 0 Å². The van der Waals surface area contributed by atoms with E-state index >= 15 is 0 Å². The summed E-state index contributed by atoms with van der Waals surface area (Å²) in [6, 6.07) is 18.3. The highest BCUT2D eigenvalue weighted by Crippen LogP contribution is 2.30. The van der Waals surface area contributed by atoms with Crippen LogP contribution in [0.15, 0.2) is 65.8 Å². The van der Waals surface area contributed by atoms with Gasteiger partial charge in [-0.15, -0.1) is 0 Å². The lowest BCUT2D eigenvalue weighted by Crippen LogP contribution is -2.21. The Kier molecular flexibility index (Phi) is 9.83. The number of hydrogen-bond donors (Lipinski definition) is 2. The van der Waals surface area contributed by atoms with Gasteiger partial charge in [0.05, 0.1) is 6.61 Å². The fourth-order valence-electron chi connectivity index (χ4n) is 2.89. The van der Waals surface area contributed by atoms with Crippen molar-refractivity contribution >= 4 is 28.6 Å². The molecule has 1 saturated heterocycles. The zero-order chi connectivity index (χ0) is 20.0. The highest BCUT2D eigenvalue weighted by Gasteiger charge is 2.10. The Bertz CT molecular complexity index is 758. The van der Waals surface area contributed by atoms with Crippen LogP contribution >= 0.6 is 23.5 Å². The van der Waals surface area contributed by atoms with E-state index in [0.717, 1.165) is 35.2 Å². The maximum atomic E-state index is 5.63. The van der Waals surface area contributed by atoms with Crippen LogP contribution in [-0.4, -0.2) is 29.1 Å². The number of nitrogens with zero attached hydrogens (tertiary/aromatic N) is 2. The zero-order valence-electron chi connectivity index (χ0n) is 16.5. The molecule has 5 rings (SSSR count). The molecule has 2 aromatic carbocycles. The largest absolute Gasteiger partial charge is 0.493 e. The highest BCUT2D eigenvalue weighted by atomic mass is 32.2. The first-order valence-electron chi connectivity index (χ1n) is 10.1. The molecule has 2 N–H and O–H groups in total. The Morgan fingerprint density at radius 1 is 0.966 bits per heavy atom. The lowest BCUT2D eigenvalue weighted by molar-refractivity contribution is 0.287. The minimum Gasteiger partial charge on any atom is -0.493 e. The van der Waals surface area contributed by atoms with Crippen LogP contribution in [-0.2, 0) is 6.42 Å². The van der Waals surface area contributed by atoms with Gasteiger partial charge in [0.25, 0.3) is 0 Å². The van der Waals surface area contributed by atoms with Gasteiger partial charge in [0, 0.05) is 16.4 Å². The minimum absolute atomic E-state index is 0.814. The van der Waals surface area contributed by atoms with Gasteiger partial charge in [-0.05, 0) is 68.4 Å². The summed E-state index contributed by atoms with van der Waals surface area (Å²) in [4.78, 5) is 5.19. The van der Waals surface area contributed by atoms with Crippen LogP contribution in [0.5, 0.6) is 5.75 Å². The monoisotopic (exact) mass is 428 g/mol. The van der Waals surface area contributed by atoms with Crippen molar-refractivity contribution in [3.8, 4) is 5.75 Å². The summed E-state index contributed by atoms with van der Waals surface area (Å²) >= 11 is 2.88. The molecule has 29 heavy (non-hydrogen) atoms. The molecule has 3 heterocycles. The maximum Gasteiger partial charge on any atom is 0.212 e. The average molecular weight is 429 g/mol. The van der Waals surface area contributed by atoms with E-state index in [4.69, 9.17) is 4.74 Å². The zero-order valence-corrected chi connectivity index (χ0v) is 18.2. The topological polar surface area (TPSA) is 59.1 Å². The number of anilines is 1. The molecule has 0 amide bonds. The van der Waals surface area contributed by atoms with Crippen LogP contribution in [0.3, 0.4) is 0 Å². The number of benzene rings is 2. The molecular weight excluding hydrogens is 400 g/mol. The number of rotatable bonds is 3.